The van der Waals surface area contributed by atoms with Crippen molar-refractivity contribution in [2.75, 3.05) is 6.54 Å². The maximum absolute atomic E-state index is 4.62. The van der Waals surface area contributed by atoms with Gasteiger partial charge < -0.3 is 9.88 Å². The standard InChI is InChI=1S/C17H25N3S/c1-2-10-18-14-7-4-3-5-8-15(14)20-12-11-19-17(20)16-9-6-13-21-16/h6,9,11-15,18H,2-5,7-8,10H2,1H3. The molecule has 0 radical (unpaired) electrons. The van der Waals surface area contributed by atoms with E-state index in [2.05, 4.69) is 45.5 Å². The van der Waals surface area contributed by atoms with Crippen molar-refractivity contribution in [3.63, 3.8) is 0 Å². The Labute approximate surface area is 131 Å². The van der Waals surface area contributed by atoms with Crippen LogP contribution in [0.4, 0.5) is 0 Å². The fourth-order valence-electron chi connectivity index (χ4n) is 3.37. The minimum absolute atomic E-state index is 0.540. The molecule has 3 nitrogen and oxygen atoms in total. The molecule has 0 amide bonds. The Morgan fingerprint density at radius 1 is 1.33 bits per heavy atom. The van der Waals surface area contributed by atoms with Gasteiger partial charge in [-0.25, -0.2) is 4.98 Å². The summed E-state index contributed by atoms with van der Waals surface area (Å²) in [5.41, 5.74) is 0. The molecule has 114 valence electrons. The molecule has 1 N–H and O–H groups in total. The highest BCUT2D eigenvalue weighted by Crippen LogP contribution is 2.32. The third-order valence-electron chi connectivity index (χ3n) is 4.40. The Bertz CT molecular complexity index is 532. The quantitative estimate of drug-likeness (QED) is 0.825. The van der Waals surface area contributed by atoms with E-state index in [0.717, 1.165) is 12.4 Å². The normalized spacial score (nSPS) is 23.1. The van der Waals surface area contributed by atoms with Gasteiger partial charge >= 0.3 is 0 Å². The zero-order chi connectivity index (χ0) is 14.5. The molecule has 1 aliphatic rings. The third kappa shape index (κ3) is 3.38. The molecule has 0 spiro atoms. The molecule has 1 aliphatic carbocycles. The maximum Gasteiger partial charge on any atom is 0.150 e. The van der Waals surface area contributed by atoms with E-state index in [1.54, 1.807) is 11.3 Å². The minimum atomic E-state index is 0.540. The highest BCUT2D eigenvalue weighted by molar-refractivity contribution is 7.13. The van der Waals surface area contributed by atoms with Gasteiger partial charge in [0, 0.05) is 18.4 Å². The first-order chi connectivity index (χ1) is 10.4. The molecular formula is C17H25N3S. The highest BCUT2D eigenvalue weighted by Gasteiger charge is 2.26. The van der Waals surface area contributed by atoms with Crippen LogP contribution in [0.5, 0.6) is 0 Å². The molecule has 0 aromatic carbocycles. The first-order valence-corrected chi connectivity index (χ1v) is 9.08. The molecule has 0 aliphatic heterocycles. The Hall–Kier alpha value is -1.13. The van der Waals surface area contributed by atoms with Crippen LogP contribution < -0.4 is 5.32 Å². The topological polar surface area (TPSA) is 29.9 Å². The van der Waals surface area contributed by atoms with Crippen LogP contribution in [-0.2, 0) is 0 Å². The summed E-state index contributed by atoms with van der Waals surface area (Å²) in [6.45, 7) is 3.36. The average Bonchev–Trinajstić information content (AvgIpc) is 3.13. The lowest BCUT2D eigenvalue weighted by Gasteiger charge is -2.28. The summed E-state index contributed by atoms with van der Waals surface area (Å²) in [6, 6.07) is 5.41. The van der Waals surface area contributed by atoms with Crippen LogP contribution in [-0.4, -0.2) is 22.1 Å². The first-order valence-electron chi connectivity index (χ1n) is 8.20. The summed E-state index contributed by atoms with van der Waals surface area (Å²) in [4.78, 5) is 5.90. The SMILES string of the molecule is CCCNC1CCCCCC1n1ccnc1-c1cccs1. The monoisotopic (exact) mass is 303 g/mol. The Balaban J connectivity index is 1.87. The molecule has 1 saturated carbocycles. The smallest absolute Gasteiger partial charge is 0.150 e. The van der Waals surface area contributed by atoms with Crippen molar-refractivity contribution >= 4 is 11.3 Å². The summed E-state index contributed by atoms with van der Waals surface area (Å²) in [5, 5.41) is 5.91. The van der Waals surface area contributed by atoms with Crippen LogP contribution >= 0.6 is 11.3 Å². The van der Waals surface area contributed by atoms with E-state index < -0.39 is 0 Å². The molecule has 0 bridgehead atoms. The minimum Gasteiger partial charge on any atom is -0.326 e. The van der Waals surface area contributed by atoms with E-state index in [-0.39, 0.29) is 0 Å². The predicted molar refractivity (Wildman–Crippen MR) is 89.7 cm³/mol. The first kappa shape index (κ1) is 14.8. The van der Waals surface area contributed by atoms with Gasteiger partial charge in [-0.05, 0) is 37.3 Å². The predicted octanol–water partition coefficient (Wildman–Crippen LogP) is 4.49. The lowest BCUT2D eigenvalue weighted by molar-refractivity contribution is 0.333. The van der Waals surface area contributed by atoms with Crippen LogP contribution in [0.3, 0.4) is 0 Å². The fraction of sp³-hybridized carbons (Fsp3) is 0.588. The number of hydrogen-bond donors (Lipinski definition) is 1. The number of imidazole rings is 1. The van der Waals surface area contributed by atoms with Crippen molar-refractivity contribution in [2.45, 2.75) is 57.5 Å². The van der Waals surface area contributed by atoms with Gasteiger partial charge in [-0.2, -0.15) is 0 Å². The van der Waals surface area contributed by atoms with Gasteiger partial charge in [-0.1, -0.05) is 32.3 Å². The molecule has 4 heteroatoms. The Morgan fingerprint density at radius 3 is 3.05 bits per heavy atom. The van der Waals surface area contributed by atoms with E-state index in [1.807, 2.05) is 6.20 Å². The van der Waals surface area contributed by atoms with E-state index >= 15 is 0 Å². The number of aromatic nitrogens is 2. The highest BCUT2D eigenvalue weighted by atomic mass is 32.1. The van der Waals surface area contributed by atoms with Crippen molar-refractivity contribution in [3.8, 4) is 10.7 Å². The Morgan fingerprint density at radius 2 is 2.24 bits per heavy atom. The third-order valence-corrected chi connectivity index (χ3v) is 5.27. The van der Waals surface area contributed by atoms with E-state index in [4.69, 9.17) is 0 Å². The van der Waals surface area contributed by atoms with E-state index in [1.165, 1.54) is 43.4 Å². The van der Waals surface area contributed by atoms with Crippen LogP contribution in [0.2, 0.25) is 0 Å². The summed E-state index contributed by atoms with van der Waals surface area (Å²) in [7, 11) is 0. The number of hydrogen-bond acceptors (Lipinski definition) is 3. The van der Waals surface area contributed by atoms with Gasteiger partial charge in [0.25, 0.3) is 0 Å². The number of nitrogens with zero attached hydrogens (tertiary/aromatic N) is 2. The molecule has 2 aromatic heterocycles. The van der Waals surface area contributed by atoms with Crippen LogP contribution in [0, 0.1) is 0 Å². The maximum atomic E-state index is 4.62. The molecule has 2 unspecified atom stereocenters. The van der Waals surface area contributed by atoms with Gasteiger partial charge in [-0.3, -0.25) is 0 Å². The second kappa shape index (κ2) is 7.23. The molecule has 1 fully saturated rings. The van der Waals surface area contributed by atoms with Crippen molar-refractivity contribution in [2.24, 2.45) is 0 Å². The van der Waals surface area contributed by atoms with Gasteiger partial charge in [-0.15, -0.1) is 11.3 Å². The average molecular weight is 303 g/mol. The summed E-state index contributed by atoms with van der Waals surface area (Å²) < 4.78 is 2.42. The molecule has 3 rings (SSSR count). The van der Waals surface area contributed by atoms with Crippen molar-refractivity contribution in [1.82, 2.24) is 14.9 Å². The van der Waals surface area contributed by atoms with Gasteiger partial charge in [0.15, 0.2) is 0 Å². The molecule has 2 aromatic rings. The van der Waals surface area contributed by atoms with Crippen molar-refractivity contribution in [1.29, 1.82) is 0 Å². The largest absolute Gasteiger partial charge is 0.326 e. The summed E-state index contributed by atoms with van der Waals surface area (Å²) >= 11 is 1.78. The second-order valence-electron chi connectivity index (χ2n) is 5.90. The number of nitrogens with one attached hydrogen (secondary N) is 1. The summed E-state index contributed by atoms with van der Waals surface area (Å²) in [6.07, 6.45) is 11.9. The zero-order valence-electron chi connectivity index (χ0n) is 12.8. The van der Waals surface area contributed by atoms with Gasteiger partial charge in [0.2, 0.25) is 0 Å². The molecule has 2 atom stereocenters. The summed E-state index contributed by atoms with van der Waals surface area (Å²) in [5.74, 6) is 1.14. The number of rotatable bonds is 5. The molecule has 0 saturated heterocycles. The fourth-order valence-corrected chi connectivity index (χ4v) is 4.09. The number of thiophene rings is 1. The lowest BCUT2D eigenvalue weighted by atomic mass is 10.0. The lowest BCUT2D eigenvalue weighted by Crippen LogP contribution is -2.37. The van der Waals surface area contributed by atoms with Crippen molar-refractivity contribution in [3.05, 3.63) is 29.9 Å². The Kier molecular flexibility index (Phi) is 5.09. The van der Waals surface area contributed by atoms with E-state index in [0.29, 0.717) is 12.1 Å². The molecule has 21 heavy (non-hydrogen) atoms. The van der Waals surface area contributed by atoms with Gasteiger partial charge in [0.05, 0.1) is 10.9 Å². The van der Waals surface area contributed by atoms with Crippen LogP contribution in [0.15, 0.2) is 29.9 Å². The van der Waals surface area contributed by atoms with Crippen LogP contribution in [0.1, 0.15) is 51.5 Å². The molecule has 2 heterocycles. The van der Waals surface area contributed by atoms with Crippen molar-refractivity contribution < 1.29 is 0 Å². The molecular weight excluding hydrogens is 278 g/mol. The van der Waals surface area contributed by atoms with Crippen LogP contribution in [0.25, 0.3) is 10.7 Å². The zero-order valence-corrected chi connectivity index (χ0v) is 13.6. The van der Waals surface area contributed by atoms with E-state index in [9.17, 15) is 0 Å². The second-order valence-corrected chi connectivity index (χ2v) is 6.85. The van der Waals surface area contributed by atoms with Gasteiger partial charge in [0.1, 0.15) is 5.82 Å².